The van der Waals surface area contributed by atoms with Gasteiger partial charge in [-0.25, -0.2) is 0 Å². The molecule has 0 saturated heterocycles. The number of rotatable bonds is 3. The molecule has 13 heteroatoms. The van der Waals surface area contributed by atoms with Gasteiger partial charge in [0, 0.05) is 6.04 Å². The van der Waals surface area contributed by atoms with Crippen LogP contribution in [0.1, 0.15) is 25.7 Å². The van der Waals surface area contributed by atoms with Gasteiger partial charge in [0.1, 0.15) is 5.25 Å². The Morgan fingerprint density at radius 2 is 1.22 bits per heavy atom. The standard InChI is InChI=1S/C10H19NO9S3/c11-8-4-7-5(2-10(8)23(18,19)20)1-6(21(12,13)14)3-9(7)22(15,16)17/h5-10H,1-4,11H2,(H,12,13,14)(H,15,16,17)(H,18,19,20). The van der Waals surface area contributed by atoms with Crippen LogP contribution in [0.2, 0.25) is 0 Å². The molecule has 0 amide bonds. The lowest BCUT2D eigenvalue weighted by atomic mass is 9.69. The van der Waals surface area contributed by atoms with E-state index in [4.69, 9.17) is 5.73 Å². The van der Waals surface area contributed by atoms with Gasteiger partial charge in [-0.2, -0.15) is 25.3 Å². The molecule has 23 heavy (non-hydrogen) atoms. The van der Waals surface area contributed by atoms with Crippen molar-refractivity contribution in [3.63, 3.8) is 0 Å². The zero-order valence-electron chi connectivity index (χ0n) is 11.9. The summed E-state index contributed by atoms with van der Waals surface area (Å²) in [6, 6.07) is -1.03. The lowest BCUT2D eigenvalue weighted by Gasteiger charge is -2.45. The van der Waals surface area contributed by atoms with Crippen molar-refractivity contribution in [3.8, 4) is 0 Å². The maximum Gasteiger partial charge on any atom is 0.269 e. The first kappa shape index (κ1) is 19.0. The molecule has 0 spiro atoms. The van der Waals surface area contributed by atoms with Crippen LogP contribution in [-0.2, 0) is 30.4 Å². The van der Waals surface area contributed by atoms with Gasteiger partial charge in [0.2, 0.25) is 0 Å². The first-order valence-electron chi connectivity index (χ1n) is 6.85. The first-order valence-corrected chi connectivity index (χ1v) is 11.4. The lowest BCUT2D eigenvalue weighted by molar-refractivity contribution is 0.154. The second kappa shape index (κ2) is 5.89. The topological polar surface area (TPSA) is 189 Å². The second-order valence-corrected chi connectivity index (χ2v) is 11.2. The van der Waals surface area contributed by atoms with Gasteiger partial charge < -0.3 is 5.73 Å². The quantitative estimate of drug-likeness (QED) is 0.428. The molecule has 0 aliphatic heterocycles. The summed E-state index contributed by atoms with van der Waals surface area (Å²) in [5.41, 5.74) is 5.71. The van der Waals surface area contributed by atoms with Crippen LogP contribution in [0.3, 0.4) is 0 Å². The highest BCUT2D eigenvalue weighted by Crippen LogP contribution is 2.45. The monoisotopic (exact) mass is 393 g/mol. The molecular formula is C10H19NO9S3. The molecule has 0 aromatic carbocycles. The smallest absolute Gasteiger partial charge is 0.269 e. The molecule has 2 saturated carbocycles. The molecule has 0 bridgehead atoms. The van der Waals surface area contributed by atoms with Gasteiger partial charge in [0.25, 0.3) is 30.4 Å². The minimum atomic E-state index is -4.61. The van der Waals surface area contributed by atoms with E-state index in [-0.39, 0.29) is 19.3 Å². The largest absolute Gasteiger partial charge is 0.326 e. The van der Waals surface area contributed by atoms with Crippen LogP contribution in [0.4, 0.5) is 0 Å². The van der Waals surface area contributed by atoms with Crippen molar-refractivity contribution in [3.05, 3.63) is 0 Å². The molecule has 10 nitrogen and oxygen atoms in total. The van der Waals surface area contributed by atoms with Crippen molar-refractivity contribution >= 4 is 30.4 Å². The Kier molecular flexibility index (Phi) is 4.87. The van der Waals surface area contributed by atoms with E-state index in [0.29, 0.717) is 0 Å². The van der Waals surface area contributed by atoms with Gasteiger partial charge in [-0.15, -0.1) is 0 Å². The molecular weight excluding hydrogens is 374 g/mol. The fourth-order valence-corrected chi connectivity index (χ4v) is 7.19. The normalized spacial score (nSPS) is 39.7. The highest BCUT2D eigenvalue weighted by molar-refractivity contribution is 7.87. The maximum atomic E-state index is 11.6. The van der Waals surface area contributed by atoms with E-state index in [1.807, 2.05) is 0 Å². The zero-order valence-corrected chi connectivity index (χ0v) is 14.3. The maximum absolute atomic E-state index is 11.6. The molecule has 5 N–H and O–H groups in total. The highest BCUT2D eigenvalue weighted by atomic mass is 32.2. The van der Waals surface area contributed by atoms with E-state index in [0.717, 1.165) is 0 Å². The Bertz CT molecular complexity index is 772. The predicted octanol–water partition coefficient (Wildman–Crippen LogP) is -1.10. The molecule has 0 aromatic heterocycles. The third-order valence-corrected chi connectivity index (χ3v) is 8.73. The average molecular weight is 393 g/mol. The molecule has 2 rings (SSSR count). The van der Waals surface area contributed by atoms with Gasteiger partial charge in [-0.3, -0.25) is 13.7 Å². The fourth-order valence-electron chi connectivity index (χ4n) is 3.83. The molecule has 2 aliphatic rings. The number of hydrogen-bond donors (Lipinski definition) is 4. The molecule has 0 aromatic rings. The summed E-state index contributed by atoms with van der Waals surface area (Å²) in [5.74, 6) is -1.47. The van der Waals surface area contributed by atoms with Gasteiger partial charge in [-0.05, 0) is 37.5 Å². The first-order chi connectivity index (χ1) is 10.2. The van der Waals surface area contributed by atoms with E-state index in [9.17, 15) is 38.9 Å². The van der Waals surface area contributed by atoms with Crippen LogP contribution in [0.25, 0.3) is 0 Å². The Hall–Kier alpha value is -0.310. The van der Waals surface area contributed by atoms with Crippen molar-refractivity contribution in [2.24, 2.45) is 17.6 Å². The van der Waals surface area contributed by atoms with Crippen LogP contribution >= 0.6 is 0 Å². The predicted molar refractivity (Wildman–Crippen MR) is 79.4 cm³/mol. The van der Waals surface area contributed by atoms with Crippen LogP contribution in [-0.4, -0.2) is 60.7 Å². The average Bonchev–Trinajstić information content (AvgIpc) is 2.32. The van der Waals surface area contributed by atoms with Crippen LogP contribution in [0.15, 0.2) is 0 Å². The third-order valence-electron chi connectivity index (χ3n) is 4.89. The SMILES string of the molecule is NC1CC2C(CC(S(=O)(=O)O)CC2S(=O)(=O)O)CC1S(=O)(=O)O. The fraction of sp³-hybridized carbons (Fsp3) is 1.00. The summed E-state index contributed by atoms with van der Waals surface area (Å²) < 4.78 is 96.4. The van der Waals surface area contributed by atoms with Crippen LogP contribution < -0.4 is 5.73 Å². The summed E-state index contributed by atoms with van der Waals surface area (Å²) in [4.78, 5) is 0. The van der Waals surface area contributed by atoms with E-state index in [1.165, 1.54) is 0 Å². The van der Waals surface area contributed by atoms with Crippen LogP contribution in [0, 0.1) is 11.8 Å². The molecule has 136 valence electrons. The summed E-state index contributed by atoms with van der Waals surface area (Å²) in [5, 5.41) is -4.22. The highest BCUT2D eigenvalue weighted by Gasteiger charge is 2.52. The van der Waals surface area contributed by atoms with Crippen molar-refractivity contribution in [2.45, 2.75) is 47.5 Å². The third kappa shape index (κ3) is 4.03. The number of fused-ring (bicyclic) bond motifs is 1. The number of nitrogens with two attached hydrogens (primary N) is 1. The van der Waals surface area contributed by atoms with Crippen molar-refractivity contribution in [1.29, 1.82) is 0 Å². The minimum Gasteiger partial charge on any atom is -0.326 e. The summed E-state index contributed by atoms with van der Waals surface area (Å²) >= 11 is 0. The Morgan fingerprint density at radius 3 is 1.65 bits per heavy atom. The molecule has 2 aliphatic carbocycles. The van der Waals surface area contributed by atoms with Crippen molar-refractivity contribution in [2.75, 3.05) is 0 Å². The van der Waals surface area contributed by atoms with E-state index < -0.39 is 70.4 Å². The molecule has 6 unspecified atom stereocenters. The Balaban J connectivity index is 2.40. The van der Waals surface area contributed by atoms with Crippen LogP contribution in [0.5, 0.6) is 0 Å². The minimum absolute atomic E-state index is 0.0994. The molecule has 6 atom stereocenters. The van der Waals surface area contributed by atoms with E-state index >= 15 is 0 Å². The second-order valence-electron chi connectivity index (χ2n) is 6.27. The van der Waals surface area contributed by atoms with E-state index in [2.05, 4.69) is 0 Å². The Morgan fingerprint density at radius 1 is 0.696 bits per heavy atom. The van der Waals surface area contributed by atoms with Gasteiger partial charge in [-0.1, -0.05) is 0 Å². The zero-order chi connectivity index (χ0) is 17.8. The Labute approximate surface area is 134 Å². The molecule has 2 fully saturated rings. The number of hydrogen-bond acceptors (Lipinski definition) is 7. The lowest BCUT2D eigenvalue weighted by Crippen LogP contribution is -2.55. The van der Waals surface area contributed by atoms with Gasteiger partial charge in [0.15, 0.2) is 0 Å². The van der Waals surface area contributed by atoms with Crippen molar-refractivity contribution < 1.29 is 38.9 Å². The van der Waals surface area contributed by atoms with Gasteiger partial charge >= 0.3 is 0 Å². The summed E-state index contributed by atoms with van der Waals surface area (Å²) in [6.07, 6.45) is -0.975. The molecule has 0 radical (unpaired) electrons. The molecule has 0 heterocycles. The summed E-state index contributed by atoms with van der Waals surface area (Å²) in [7, 11) is -13.6. The van der Waals surface area contributed by atoms with Crippen molar-refractivity contribution in [1.82, 2.24) is 0 Å². The van der Waals surface area contributed by atoms with Gasteiger partial charge in [0.05, 0.1) is 10.5 Å². The summed E-state index contributed by atoms with van der Waals surface area (Å²) in [6.45, 7) is 0. The van der Waals surface area contributed by atoms with E-state index in [1.54, 1.807) is 0 Å².